The minimum atomic E-state index is -0.224. The molecule has 1 aliphatic rings. The maximum atomic E-state index is 6.49. The van der Waals surface area contributed by atoms with E-state index < -0.39 is 0 Å². The van der Waals surface area contributed by atoms with Gasteiger partial charge in [-0.2, -0.15) is 0 Å². The van der Waals surface area contributed by atoms with E-state index in [1.54, 1.807) is 0 Å². The zero-order chi connectivity index (χ0) is 14.4. The first-order chi connectivity index (χ1) is 9.72. The Morgan fingerprint density at radius 3 is 2.65 bits per heavy atom. The summed E-state index contributed by atoms with van der Waals surface area (Å²) in [4.78, 5) is 4.61. The van der Waals surface area contributed by atoms with Crippen molar-refractivity contribution in [3.63, 3.8) is 0 Å². The third-order valence-corrected chi connectivity index (χ3v) is 3.82. The number of aliphatic imine (C=N–C) groups is 1. The maximum absolute atomic E-state index is 6.49. The molecule has 20 heavy (non-hydrogen) atoms. The number of nitrogens with two attached hydrogens (primary N) is 1. The predicted octanol–water partition coefficient (Wildman–Crippen LogP) is 4.73. The number of nitrogens with zero attached hydrogens (tertiary/aromatic N) is 1. The van der Waals surface area contributed by atoms with Crippen LogP contribution in [0.1, 0.15) is 32.6 Å². The monoisotopic (exact) mass is 288 g/mol. The third kappa shape index (κ3) is 3.81. The first-order valence-corrected chi connectivity index (χ1v) is 7.56. The second-order valence-corrected chi connectivity index (χ2v) is 5.39. The van der Waals surface area contributed by atoms with Crippen LogP contribution in [0.25, 0.3) is 0 Å². The molecule has 0 aromatic heterocycles. The van der Waals surface area contributed by atoms with Crippen molar-refractivity contribution in [2.45, 2.75) is 38.6 Å². The minimum absolute atomic E-state index is 0.224. The summed E-state index contributed by atoms with van der Waals surface area (Å²) in [6.07, 6.45) is 8.60. The lowest BCUT2D eigenvalue weighted by Crippen LogP contribution is -2.31. The molecule has 0 saturated heterocycles. The molecule has 2 N–H and O–H groups in total. The van der Waals surface area contributed by atoms with Crippen molar-refractivity contribution in [1.29, 1.82) is 0 Å². The number of unbranched alkanes of at least 4 members (excludes halogenated alkanes) is 2. The van der Waals surface area contributed by atoms with Gasteiger partial charge in [-0.05, 0) is 30.5 Å². The van der Waals surface area contributed by atoms with E-state index in [2.05, 4.69) is 11.9 Å². The van der Waals surface area contributed by atoms with E-state index in [9.17, 15) is 0 Å². The van der Waals surface area contributed by atoms with Gasteiger partial charge in [0.2, 0.25) is 0 Å². The number of allylic oxidation sites excluding steroid dienone is 2. The van der Waals surface area contributed by atoms with Gasteiger partial charge in [-0.3, -0.25) is 0 Å². The number of hydrogen-bond donors (Lipinski definition) is 1. The molecule has 1 aliphatic carbocycles. The summed E-state index contributed by atoms with van der Waals surface area (Å²) in [6.45, 7) is 2.20. The number of hydrogen-bond acceptors (Lipinski definition) is 2. The van der Waals surface area contributed by atoms with Crippen molar-refractivity contribution in [1.82, 2.24) is 0 Å². The fourth-order valence-electron chi connectivity index (χ4n) is 2.22. The average Bonchev–Trinajstić information content (AvgIpc) is 2.47. The Morgan fingerprint density at radius 2 is 1.95 bits per heavy atom. The lowest BCUT2D eigenvalue weighted by atomic mass is 9.97. The van der Waals surface area contributed by atoms with E-state index in [-0.39, 0.29) is 6.04 Å². The SMILES string of the molecule is CCCCCC1=C(Cl)C(=Nc2ccccc2)C(N)C=C1. The van der Waals surface area contributed by atoms with Crippen molar-refractivity contribution in [2.75, 3.05) is 0 Å². The van der Waals surface area contributed by atoms with Crippen LogP contribution in [0.2, 0.25) is 0 Å². The van der Waals surface area contributed by atoms with Gasteiger partial charge >= 0.3 is 0 Å². The van der Waals surface area contributed by atoms with Crippen LogP contribution in [0.5, 0.6) is 0 Å². The molecular weight excluding hydrogens is 268 g/mol. The molecule has 0 amide bonds. The summed E-state index contributed by atoms with van der Waals surface area (Å²) in [5.74, 6) is 0. The Hall–Kier alpha value is -1.38. The molecule has 0 saturated carbocycles. The standard InChI is InChI=1S/C17H21ClN2/c1-2-3-5-8-13-11-12-15(19)17(16(13)18)20-14-9-6-4-7-10-14/h4,6-7,9-12,15H,2-3,5,8,19H2,1H3. The Morgan fingerprint density at radius 1 is 1.20 bits per heavy atom. The van der Waals surface area contributed by atoms with E-state index >= 15 is 0 Å². The fraction of sp³-hybridized carbons (Fsp3) is 0.353. The zero-order valence-electron chi connectivity index (χ0n) is 11.8. The van der Waals surface area contributed by atoms with Crippen LogP contribution >= 0.6 is 11.6 Å². The van der Waals surface area contributed by atoms with E-state index in [0.717, 1.165) is 34.8 Å². The molecule has 2 nitrogen and oxygen atoms in total. The summed E-state index contributed by atoms with van der Waals surface area (Å²) in [7, 11) is 0. The first-order valence-electron chi connectivity index (χ1n) is 7.18. The van der Waals surface area contributed by atoms with Gasteiger partial charge in [0.25, 0.3) is 0 Å². The molecular formula is C17H21ClN2. The molecule has 0 bridgehead atoms. The lowest BCUT2D eigenvalue weighted by molar-refractivity contribution is 0.718. The summed E-state index contributed by atoms with van der Waals surface area (Å²) in [6, 6.07) is 9.58. The van der Waals surface area contributed by atoms with Gasteiger partial charge in [0.1, 0.15) is 0 Å². The van der Waals surface area contributed by atoms with Crippen LogP contribution in [0.4, 0.5) is 5.69 Å². The van der Waals surface area contributed by atoms with E-state index in [1.807, 2.05) is 42.5 Å². The van der Waals surface area contributed by atoms with Crippen LogP contribution in [0, 0.1) is 0 Å². The molecule has 3 heteroatoms. The van der Waals surface area contributed by atoms with E-state index in [1.165, 1.54) is 12.8 Å². The smallest absolute Gasteiger partial charge is 0.0806 e. The predicted molar refractivity (Wildman–Crippen MR) is 87.7 cm³/mol. The maximum Gasteiger partial charge on any atom is 0.0806 e. The van der Waals surface area contributed by atoms with Gasteiger partial charge in [-0.15, -0.1) is 0 Å². The molecule has 0 radical (unpaired) electrons. The third-order valence-electron chi connectivity index (χ3n) is 3.38. The van der Waals surface area contributed by atoms with Gasteiger partial charge in [0.05, 0.1) is 22.5 Å². The van der Waals surface area contributed by atoms with Crippen molar-refractivity contribution >= 4 is 23.0 Å². The molecule has 0 heterocycles. The van der Waals surface area contributed by atoms with E-state index in [0.29, 0.717) is 0 Å². The van der Waals surface area contributed by atoms with Crippen LogP contribution in [0.15, 0.2) is 58.1 Å². The highest BCUT2D eigenvalue weighted by molar-refractivity contribution is 6.45. The fourth-order valence-corrected chi connectivity index (χ4v) is 2.54. The van der Waals surface area contributed by atoms with Gasteiger partial charge in [0.15, 0.2) is 0 Å². The van der Waals surface area contributed by atoms with Crippen molar-refractivity contribution in [3.05, 3.63) is 53.1 Å². The van der Waals surface area contributed by atoms with Crippen molar-refractivity contribution in [2.24, 2.45) is 10.7 Å². The van der Waals surface area contributed by atoms with Crippen molar-refractivity contribution < 1.29 is 0 Å². The highest BCUT2D eigenvalue weighted by Gasteiger charge is 2.19. The Bertz CT molecular complexity index is 529. The summed E-state index contributed by atoms with van der Waals surface area (Å²) < 4.78 is 0. The summed E-state index contributed by atoms with van der Waals surface area (Å²) in [5.41, 5.74) is 8.91. The molecule has 0 aliphatic heterocycles. The minimum Gasteiger partial charge on any atom is -0.319 e. The van der Waals surface area contributed by atoms with Crippen LogP contribution in [-0.4, -0.2) is 11.8 Å². The Balaban J connectivity index is 2.22. The number of rotatable bonds is 5. The van der Waals surface area contributed by atoms with Gasteiger partial charge < -0.3 is 5.73 Å². The van der Waals surface area contributed by atoms with Gasteiger partial charge in [0, 0.05) is 0 Å². The summed E-state index contributed by atoms with van der Waals surface area (Å²) >= 11 is 6.49. The Kier molecular flexibility index (Phi) is 5.57. The first kappa shape index (κ1) is 15.0. The quantitative estimate of drug-likeness (QED) is 0.782. The molecule has 1 unspecified atom stereocenters. The zero-order valence-corrected chi connectivity index (χ0v) is 12.6. The number of benzene rings is 1. The number of halogens is 1. The molecule has 0 spiro atoms. The second kappa shape index (κ2) is 7.41. The molecule has 0 fully saturated rings. The molecule has 2 rings (SSSR count). The molecule has 1 aromatic rings. The van der Waals surface area contributed by atoms with Gasteiger partial charge in [-0.1, -0.05) is 61.7 Å². The van der Waals surface area contributed by atoms with Crippen LogP contribution in [-0.2, 0) is 0 Å². The largest absolute Gasteiger partial charge is 0.319 e. The lowest BCUT2D eigenvalue weighted by Gasteiger charge is -2.18. The second-order valence-electron chi connectivity index (χ2n) is 5.01. The van der Waals surface area contributed by atoms with Crippen LogP contribution < -0.4 is 5.73 Å². The highest BCUT2D eigenvalue weighted by Crippen LogP contribution is 2.26. The highest BCUT2D eigenvalue weighted by atomic mass is 35.5. The topological polar surface area (TPSA) is 38.4 Å². The molecule has 1 aromatic carbocycles. The molecule has 1 atom stereocenters. The average molecular weight is 289 g/mol. The summed E-state index contributed by atoms with van der Waals surface area (Å²) in [5, 5.41) is 0.722. The number of para-hydroxylation sites is 1. The van der Waals surface area contributed by atoms with E-state index in [4.69, 9.17) is 17.3 Å². The van der Waals surface area contributed by atoms with Crippen molar-refractivity contribution in [3.8, 4) is 0 Å². The Labute approximate surface area is 126 Å². The molecule has 106 valence electrons. The normalized spacial score (nSPS) is 20.8. The van der Waals surface area contributed by atoms with Gasteiger partial charge in [-0.25, -0.2) is 4.99 Å². The van der Waals surface area contributed by atoms with Crippen LogP contribution in [0.3, 0.4) is 0 Å².